The predicted molar refractivity (Wildman–Crippen MR) is 89.1 cm³/mol. The number of thiazole rings is 1. The molecule has 0 radical (unpaired) electrons. The van der Waals surface area contributed by atoms with Crippen molar-refractivity contribution in [3.8, 4) is 0 Å². The van der Waals surface area contributed by atoms with E-state index in [4.69, 9.17) is 17.3 Å². The second-order valence-corrected chi connectivity index (χ2v) is 7.68. The van der Waals surface area contributed by atoms with Gasteiger partial charge in [0.1, 0.15) is 0 Å². The number of primary amides is 1. The molecule has 0 saturated heterocycles. The van der Waals surface area contributed by atoms with Crippen LogP contribution in [0.5, 0.6) is 0 Å². The molecule has 21 heavy (non-hydrogen) atoms. The van der Waals surface area contributed by atoms with Crippen molar-refractivity contribution in [2.75, 3.05) is 11.1 Å². The number of aromatic nitrogens is 1. The summed E-state index contributed by atoms with van der Waals surface area (Å²) >= 11 is 10.1. The van der Waals surface area contributed by atoms with Crippen LogP contribution in [-0.2, 0) is 21.8 Å². The molecule has 2 aromatic rings. The molecule has 9 heteroatoms. The molecule has 0 aliphatic carbocycles. The van der Waals surface area contributed by atoms with E-state index in [2.05, 4.69) is 10.3 Å². The molecule has 0 unspecified atom stereocenters. The van der Waals surface area contributed by atoms with E-state index in [0.717, 1.165) is 15.0 Å². The Kier molecular flexibility index (Phi) is 6.04. The second-order valence-electron chi connectivity index (χ2n) is 4.03. The van der Waals surface area contributed by atoms with Gasteiger partial charge in [0.15, 0.2) is 5.13 Å². The molecule has 112 valence electrons. The van der Waals surface area contributed by atoms with Crippen molar-refractivity contribution < 1.29 is 9.59 Å². The van der Waals surface area contributed by atoms with Crippen molar-refractivity contribution in [1.29, 1.82) is 0 Å². The van der Waals surface area contributed by atoms with Gasteiger partial charge in [0, 0.05) is 16.0 Å². The first-order valence-corrected chi connectivity index (χ1v) is 9.10. The van der Waals surface area contributed by atoms with Gasteiger partial charge in [-0.1, -0.05) is 11.6 Å². The van der Waals surface area contributed by atoms with Crippen LogP contribution in [0.25, 0.3) is 0 Å². The minimum absolute atomic E-state index is 0.0836. The Morgan fingerprint density at radius 1 is 1.43 bits per heavy atom. The van der Waals surface area contributed by atoms with Gasteiger partial charge >= 0.3 is 0 Å². The number of nitrogens with one attached hydrogen (secondary N) is 1. The Morgan fingerprint density at radius 3 is 2.90 bits per heavy atom. The van der Waals surface area contributed by atoms with E-state index in [9.17, 15) is 9.59 Å². The van der Waals surface area contributed by atoms with Crippen LogP contribution in [0.4, 0.5) is 5.13 Å². The highest BCUT2D eigenvalue weighted by Crippen LogP contribution is 2.25. The second kappa shape index (κ2) is 7.79. The minimum atomic E-state index is -0.441. The lowest BCUT2D eigenvalue weighted by molar-refractivity contribution is -0.117. The fraction of sp³-hybridized carbons (Fsp3) is 0.250. The quantitative estimate of drug-likeness (QED) is 0.794. The molecule has 2 aromatic heterocycles. The first-order chi connectivity index (χ1) is 10.0. The summed E-state index contributed by atoms with van der Waals surface area (Å²) in [6, 6.07) is 3.80. The Balaban J connectivity index is 1.74. The number of anilines is 1. The molecule has 0 spiro atoms. The number of carbonyl (C=O) groups excluding carboxylic acids is 2. The van der Waals surface area contributed by atoms with Crippen molar-refractivity contribution in [3.05, 3.63) is 32.4 Å². The lowest BCUT2D eigenvalue weighted by Crippen LogP contribution is -2.15. The summed E-state index contributed by atoms with van der Waals surface area (Å²) < 4.78 is 0.750. The van der Waals surface area contributed by atoms with Crippen LogP contribution in [-0.4, -0.2) is 22.6 Å². The summed E-state index contributed by atoms with van der Waals surface area (Å²) in [6.45, 7) is 0. The number of nitrogens with zero attached hydrogens (tertiary/aromatic N) is 1. The zero-order valence-corrected chi connectivity index (χ0v) is 14.0. The third kappa shape index (κ3) is 5.66. The number of hydrogen-bond acceptors (Lipinski definition) is 6. The maximum atomic E-state index is 11.8. The first kappa shape index (κ1) is 16.3. The van der Waals surface area contributed by atoms with Crippen LogP contribution >= 0.6 is 46.0 Å². The van der Waals surface area contributed by atoms with Crippen LogP contribution in [0.15, 0.2) is 17.5 Å². The molecule has 5 nitrogen and oxygen atoms in total. The molecule has 3 N–H and O–H groups in total. The molecule has 0 fully saturated rings. The number of halogens is 1. The minimum Gasteiger partial charge on any atom is -0.369 e. The number of nitrogens with two attached hydrogens (primary N) is 1. The fourth-order valence-corrected chi connectivity index (χ4v) is 4.21. The van der Waals surface area contributed by atoms with E-state index in [1.54, 1.807) is 5.38 Å². The summed E-state index contributed by atoms with van der Waals surface area (Å²) in [5.74, 6) is 0.515. The van der Waals surface area contributed by atoms with Crippen molar-refractivity contribution >= 4 is 63.0 Å². The Labute approximate surface area is 138 Å². The predicted octanol–water partition coefficient (Wildman–Crippen LogP) is 2.76. The highest BCUT2D eigenvalue weighted by atomic mass is 35.5. The van der Waals surface area contributed by atoms with Gasteiger partial charge in [-0.25, -0.2) is 4.98 Å². The molecular formula is C12H12ClN3O2S3. The van der Waals surface area contributed by atoms with E-state index in [0.29, 0.717) is 16.6 Å². The van der Waals surface area contributed by atoms with E-state index in [1.807, 2.05) is 12.1 Å². The molecule has 0 aliphatic heterocycles. The average molecular weight is 362 g/mol. The zero-order valence-electron chi connectivity index (χ0n) is 10.8. The third-order valence-electron chi connectivity index (χ3n) is 2.26. The lowest BCUT2D eigenvalue weighted by Gasteiger charge is -2.01. The number of hydrogen-bond donors (Lipinski definition) is 2. The maximum Gasteiger partial charge on any atom is 0.236 e. The molecule has 2 rings (SSSR count). The third-order valence-corrected chi connectivity index (χ3v) is 5.46. The van der Waals surface area contributed by atoms with Crippen LogP contribution in [0, 0.1) is 0 Å². The zero-order chi connectivity index (χ0) is 15.2. The monoisotopic (exact) mass is 361 g/mol. The molecule has 2 amide bonds. The van der Waals surface area contributed by atoms with Gasteiger partial charge in [-0.2, -0.15) is 0 Å². The first-order valence-electron chi connectivity index (χ1n) is 5.87. The van der Waals surface area contributed by atoms with Gasteiger partial charge in [0.25, 0.3) is 0 Å². The number of carbonyl (C=O) groups is 2. The number of thiophene rings is 1. The number of thioether (sulfide) groups is 1. The SMILES string of the molecule is NC(=O)Cc1csc(NC(=O)CSCc2ccc(Cl)s2)n1. The summed E-state index contributed by atoms with van der Waals surface area (Å²) in [6.07, 6.45) is 0.0836. The normalized spacial score (nSPS) is 10.5. The summed E-state index contributed by atoms with van der Waals surface area (Å²) in [5.41, 5.74) is 5.66. The van der Waals surface area contributed by atoms with Crippen molar-refractivity contribution in [2.24, 2.45) is 5.73 Å². The molecule has 0 aromatic carbocycles. The lowest BCUT2D eigenvalue weighted by atomic mass is 10.3. The van der Waals surface area contributed by atoms with Crippen LogP contribution in [0.2, 0.25) is 4.34 Å². The Morgan fingerprint density at radius 2 is 2.24 bits per heavy atom. The summed E-state index contributed by atoms with van der Waals surface area (Å²) in [7, 11) is 0. The average Bonchev–Trinajstić information content (AvgIpc) is 2.98. The van der Waals surface area contributed by atoms with Gasteiger partial charge in [-0.15, -0.1) is 34.4 Å². The highest BCUT2D eigenvalue weighted by Gasteiger charge is 2.09. The highest BCUT2D eigenvalue weighted by molar-refractivity contribution is 7.99. The van der Waals surface area contributed by atoms with Gasteiger partial charge in [-0.3, -0.25) is 9.59 Å². The van der Waals surface area contributed by atoms with Gasteiger partial charge < -0.3 is 11.1 Å². The Bertz CT molecular complexity index is 641. The molecular weight excluding hydrogens is 350 g/mol. The largest absolute Gasteiger partial charge is 0.369 e. The van der Waals surface area contributed by atoms with Crippen LogP contribution in [0.3, 0.4) is 0 Å². The molecule has 0 atom stereocenters. The number of rotatable bonds is 7. The summed E-state index contributed by atoms with van der Waals surface area (Å²) in [5, 5.41) is 4.89. The fourth-order valence-electron chi connectivity index (χ4n) is 1.45. The Hall–Kier alpha value is -1.09. The molecule has 0 bridgehead atoms. The maximum absolute atomic E-state index is 11.8. The van der Waals surface area contributed by atoms with E-state index in [1.165, 1.54) is 34.4 Å². The van der Waals surface area contributed by atoms with Crippen LogP contribution in [0.1, 0.15) is 10.6 Å². The topological polar surface area (TPSA) is 85.1 Å². The van der Waals surface area contributed by atoms with Crippen LogP contribution < -0.4 is 11.1 Å². The van der Waals surface area contributed by atoms with Crippen molar-refractivity contribution in [3.63, 3.8) is 0 Å². The van der Waals surface area contributed by atoms with Gasteiger partial charge in [-0.05, 0) is 12.1 Å². The molecule has 0 aliphatic rings. The van der Waals surface area contributed by atoms with Gasteiger partial charge in [0.2, 0.25) is 11.8 Å². The standard InChI is InChI=1S/C12H12ClN3O2S3/c13-9-2-1-8(21-9)5-19-6-11(18)16-12-15-7(4-20-12)3-10(14)17/h1-2,4H,3,5-6H2,(H2,14,17)(H,15,16,18). The van der Waals surface area contributed by atoms with E-state index >= 15 is 0 Å². The smallest absolute Gasteiger partial charge is 0.236 e. The van der Waals surface area contributed by atoms with E-state index in [-0.39, 0.29) is 12.3 Å². The van der Waals surface area contributed by atoms with Crippen molar-refractivity contribution in [1.82, 2.24) is 4.98 Å². The molecule has 0 saturated carbocycles. The van der Waals surface area contributed by atoms with Crippen molar-refractivity contribution in [2.45, 2.75) is 12.2 Å². The van der Waals surface area contributed by atoms with E-state index < -0.39 is 5.91 Å². The summed E-state index contributed by atoms with van der Waals surface area (Å²) in [4.78, 5) is 27.8. The molecule has 2 heterocycles. The van der Waals surface area contributed by atoms with Gasteiger partial charge in [0.05, 0.1) is 22.2 Å². The number of amides is 2.